The Hall–Kier alpha value is -1.20. The van der Waals surface area contributed by atoms with Crippen molar-refractivity contribution < 1.29 is 13.5 Å². The average molecular weight is 365 g/mol. The lowest BCUT2D eigenvalue weighted by molar-refractivity contribution is 0.303. The van der Waals surface area contributed by atoms with Crippen molar-refractivity contribution in [3.63, 3.8) is 0 Å². The molecule has 1 aromatic heterocycles. The van der Waals surface area contributed by atoms with E-state index in [-0.39, 0.29) is 11.8 Å². The number of nitrogens with zero attached hydrogens (tertiary/aromatic N) is 1. The Kier molecular flexibility index (Phi) is 6.88. The highest BCUT2D eigenvalue weighted by atomic mass is 79.9. The van der Waals surface area contributed by atoms with E-state index in [1.54, 1.807) is 6.07 Å². The number of pyridine rings is 1. The molecule has 0 aliphatic carbocycles. The minimum absolute atomic E-state index is 0.00648. The van der Waals surface area contributed by atoms with E-state index in [0.29, 0.717) is 15.8 Å². The number of ether oxygens (including phenoxy) is 1. The van der Waals surface area contributed by atoms with Crippen molar-refractivity contribution in [3.8, 4) is 5.75 Å². The zero-order chi connectivity index (χ0) is 15.1. The Morgan fingerprint density at radius 1 is 1.15 bits per heavy atom. The van der Waals surface area contributed by atoms with Crippen molar-refractivity contribution >= 4 is 27.5 Å². The molecule has 0 bridgehead atoms. The Balaban J connectivity index is 0.000000956. The fourth-order valence-corrected chi connectivity index (χ4v) is 1.83. The molecule has 20 heavy (non-hydrogen) atoms. The largest absolute Gasteiger partial charge is 0.486 e. The summed E-state index contributed by atoms with van der Waals surface area (Å²) < 4.78 is 32.0. The van der Waals surface area contributed by atoms with Gasteiger partial charge in [-0.3, -0.25) is 0 Å². The number of rotatable bonds is 3. The van der Waals surface area contributed by atoms with E-state index < -0.39 is 11.6 Å². The predicted molar refractivity (Wildman–Crippen MR) is 79.0 cm³/mol. The van der Waals surface area contributed by atoms with Crippen molar-refractivity contribution in [2.24, 2.45) is 0 Å². The summed E-state index contributed by atoms with van der Waals surface area (Å²) in [6.45, 7) is 4.01. The van der Waals surface area contributed by atoms with Crippen LogP contribution in [0.4, 0.5) is 8.78 Å². The first kappa shape index (κ1) is 16.9. The first-order chi connectivity index (χ1) is 9.54. The fourth-order valence-electron chi connectivity index (χ4n) is 1.36. The van der Waals surface area contributed by atoms with Gasteiger partial charge < -0.3 is 4.74 Å². The molecule has 0 aliphatic heterocycles. The highest BCUT2D eigenvalue weighted by Gasteiger charge is 2.06. The monoisotopic (exact) mass is 363 g/mol. The standard InChI is InChI=1S/C12H7BrClF2NO.C2H6/c13-8-3-11(12(14)17-5-8)18-6-7-1-9(15)4-10(16)2-7;1-2/h1-5H,6H2;1-2H3. The minimum Gasteiger partial charge on any atom is -0.486 e. The van der Waals surface area contributed by atoms with Gasteiger partial charge in [0, 0.05) is 16.7 Å². The average Bonchev–Trinajstić information content (AvgIpc) is 2.41. The molecule has 2 aromatic rings. The minimum atomic E-state index is -0.646. The van der Waals surface area contributed by atoms with Gasteiger partial charge in [0.2, 0.25) is 0 Å². The van der Waals surface area contributed by atoms with E-state index in [9.17, 15) is 8.78 Å². The number of hydrogen-bond acceptors (Lipinski definition) is 2. The first-order valence-corrected chi connectivity index (χ1v) is 7.10. The van der Waals surface area contributed by atoms with Crippen molar-refractivity contribution in [2.75, 3.05) is 0 Å². The lowest BCUT2D eigenvalue weighted by atomic mass is 10.2. The van der Waals surface area contributed by atoms with E-state index in [0.717, 1.165) is 6.07 Å². The number of aromatic nitrogens is 1. The van der Waals surface area contributed by atoms with Gasteiger partial charge in [0.1, 0.15) is 18.2 Å². The maximum absolute atomic E-state index is 13.0. The van der Waals surface area contributed by atoms with E-state index in [1.165, 1.54) is 18.3 Å². The van der Waals surface area contributed by atoms with Crippen LogP contribution in [-0.2, 0) is 6.61 Å². The highest BCUT2D eigenvalue weighted by Crippen LogP contribution is 2.26. The lowest BCUT2D eigenvalue weighted by Gasteiger charge is -2.08. The van der Waals surface area contributed by atoms with E-state index in [2.05, 4.69) is 20.9 Å². The summed E-state index contributed by atoms with van der Waals surface area (Å²) >= 11 is 9.04. The van der Waals surface area contributed by atoms with Crippen LogP contribution in [0.3, 0.4) is 0 Å². The van der Waals surface area contributed by atoms with Crippen LogP contribution in [0.5, 0.6) is 5.75 Å². The van der Waals surface area contributed by atoms with Crippen LogP contribution in [-0.4, -0.2) is 4.98 Å². The molecule has 1 aromatic carbocycles. The number of halogens is 4. The molecule has 1 heterocycles. The Bertz CT molecular complexity index is 561. The Morgan fingerprint density at radius 2 is 1.75 bits per heavy atom. The smallest absolute Gasteiger partial charge is 0.171 e. The number of benzene rings is 1. The van der Waals surface area contributed by atoms with Crippen molar-refractivity contribution in [1.29, 1.82) is 0 Å². The zero-order valence-corrected chi connectivity index (χ0v) is 13.3. The van der Waals surface area contributed by atoms with Crippen LogP contribution >= 0.6 is 27.5 Å². The maximum Gasteiger partial charge on any atom is 0.171 e. The van der Waals surface area contributed by atoms with Crippen molar-refractivity contribution in [2.45, 2.75) is 20.5 Å². The molecule has 0 unspecified atom stereocenters. The molecular weight excluding hydrogens is 352 g/mol. The summed E-state index contributed by atoms with van der Waals surface area (Å²) in [4.78, 5) is 3.87. The van der Waals surface area contributed by atoms with Gasteiger partial charge in [0.05, 0.1) is 0 Å². The summed E-state index contributed by atoms with van der Waals surface area (Å²) in [5.41, 5.74) is 0.378. The molecule has 2 nitrogen and oxygen atoms in total. The first-order valence-electron chi connectivity index (χ1n) is 5.93. The fraction of sp³-hybridized carbons (Fsp3) is 0.214. The van der Waals surface area contributed by atoms with Crippen molar-refractivity contribution in [3.05, 3.63) is 57.3 Å². The SMILES string of the molecule is CC.Fc1cc(F)cc(COc2cc(Br)cnc2Cl)c1. The second kappa shape index (κ2) is 8.17. The quantitative estimate of drug-likeness (QED) is 0.682. The van der Waals surface area contributed by atoms with E-state index in [1.807, 2.05) is 13.8 Å². The summed E-state index contributed by atoms with van der Waals surface area (Å²) in [6.07, 6.45) is 1.52. The van der Waals surface area contributed by atoms with Gasteiger partial charge in [-0.15, -0.1) is 0 Å². The molecule has 2 rings (SSSR count). The van der Waals surface area contributed by atoms with Crippen LogP contribution in [0.2, 0.25) is 5.15 Å². The van der Waals surface area contributed by atoms with Gasteiger partial charge >= 0.3 is 0 Å². The molecular formula is C14H13BrClF2NO. The van der Waals surface area contributed by atoms with Crippen LogP contribution in [0, 0.1) is 11.6 Å². The van der Waals surface area contributed by atoms with E-state index in [4.69, 9.17) is 16.3 Å². The molecule has 0 saturated heterocycles. The molecule has 0 atom stereocenters. The van der Waals surface area contributed by atoms with Gasteiger partial charge in [0.25, 0.3) is 0 Å². The molecule has 0 amide bonds. The molecule has 108 valence electrons. The highest BCUT2D eigenvalue weighted by molar-refractivity contribution is 9.10. The van der Waals surface area contributed by atoms with Crippen LogP contribution in [0.25, 0.3) is 0 Å². The molecule has 0 N–H and O–H groups in total. The predicted octanol–water partition coefficient (Wildman–Crippen LogP) is 5.38. The third-order valence-electron chi connectivity index (χ3n) is 2.09. The summed E-state index contributed by atoms with van der Waals surface area (Å²) in [5.74, 6) is -0.949. The second-order valence-electron chi connectivity index (χ2n) is 3.51. The summed E-state index contributed by atoms with van der Waals surface area (Å²) in [6, 6.07) is 4.83. The van der Waals surface area contributed by atoms with Gasteiger partial charge in [-0.1, -0.05) is 25.4 Å². The molecule has 0 aliphatic rings. The Morgan fingerprint density at radius 3 is 2.35 bits per heavy atom. The molecule has 0 fully saturated rings. The molecule has 0 saturated carbocycles. The third-order valence-corrected chi connectivity index (χ3v) is 2.81. The number of hydrogen-bond donors (Lipinski definition) is 0. The van der Waals surface area contributed by atoms with Gasteiger partial charge in [-0.25, -0.2) is 13.8 Å². The molecule has 0 radical (unpaired) electrons. The maximum atomic E-state index is 13.0. The molecule has 0 spiro atoms. The van der Waals surface area contributed by atoms with Gasteiger partial charge in [0.15, 0.2) is 10.9 Å². The Labute approximate surface area is 129 Å². The normalized spacial score (nSPS) is 9.70. The zero-order valence-electron chi connectivity index (χ0n) is 11.0. The summed E-state index contributed by atoms with van der Waals surface area (Å²) in [7, 11) is 0. The third kappa shape index (κ3) is 5.06. The van der Waals surface area contributed by atoms with Gasteiger partial charge in [-0.2, -0.15) is 0 Å². The van der Waals surface area contributed by atoms with Crippen LogP contribution in [0.15, 0.2) is 34.9 Å². The van der Waals surface area contributed by atoms with Crippen LogP contribution < -0.4 is 4.74 Å². The lowest BCUT2D eigenvalue weighted by Crippen LogP contribution is -1.98. The molecule has 6 heteroatoms. The van der Waals surface area contributed by atoms with Crippen molar-refractivity contribution in [1.82, 2.24) is 4.98 Å². The van der Waals surface area contributed by atoms with Gasteiger partial charge in [-0.05, 0) is 39.7 Å². The summed E-state index contributed by atoms with van der Waals surface area (Å²) in [5, 5.41) is 0.190. The van der Waals surface area contributed by atoms with Crippen LogP contribution in [0.1, 0.15) is 19.4 Å². The second-order valence-corrected chi connectivity index (χ2v) is 4.78. The topological polar surface area (TPSA) is 22.1 Å². The van der Waals surface area contributed by atoms with E-state index >= 15 is 0 Å².